The van der Waals surface area contributed by atoms with Crippen molar-refractivity contribution in [3.8, 4) is 5.69 Å². The zero-order valence-corrected chi connectivity index (χ0v) is 10.8. The van der Waals surface area contributed by atoms with Gasteiger partial charge >= 0.3 is 0 Å². The van der Waals surface area contributed by atoms with E-state index >= 15 is 0 Å². The van der Waals surface area contributed by atoms with E-state index in [-0.39, 0.29) is 6.04 Å². The average molecular weight is 271 g/mol. The van der Waals surface area contributed by atoms with E-state index in [2.05, 4.69) is 48.4 Å². The first-order chi connectivity index (χ1) is 9.83. The van der Waals surface area contributed by atoms with Crippen molar-refractivity contribution in [1.29, 1.82) is 0 Å². The second-order valence-electron chi connectivity index (χ2n) is 4.28. The molecule has 9 heteroatoms. The van der Waals surface area contributed by atoms with Crippen LogP contribution in [-0.2, 0) is 6.54 Å². The molecule has 1 unspecified atom stereocenters. The molecule has 0 amide bonds. The van der Waals surface area contributed by atoms with Gasteiger partial charge in [-0.2, -0.15) is 5.21 Å². The van der Waals surface area contributed by atoms with Crippen molar-refractivity contribution in [2.45, 2.75) is 19.5 Å². The van der Waals surface area contributed by atoms with Crippen molar-refractivity contribution >= 4 is 0 Å². The summed E-state index contributed by atoms with van der Waals surface area (Å²) >= 11 is 0. The lowest BCUT2D eigenvalue weighted by molar-refractivity contribution is 0.559. The molecule has 9 nitrogen and oxygen atoms in total. The molecule has 0 aliphatic heterocycles. The molecule has 0 aliphatic carbocycles. The zero-order valence-electron chi connectivity index (χ0n) is 10.8. The molecule has 102 valence electrons. The summed E-state index contributed by atoms with van der Waals surface area (Å²) < 4.78 is 1.62. The van der Waals surface area contributed by atoms with E-state index in [1.807, 2.05) is 24.3 Å². The second kappa shape index (κ2) is 5.53. The van der Waals surface area contributed by atoms with Gasteiger partial charge in [-0.3, -0.25) is 0 Å². The van der Waals surface area contributed by atoms with Crippen LogP contribution in [0.2, 0.25) is 0 Å². The van der Waals surface area contributed by atoms with Crippen LogP contribution in [0.25, 0.3) is 5.69 Å². The van der Waals surface area contributed by atoms with Gasteiger partial charge in [0.25, 0.3) is 0 Å². The maximum Gasteiger partial charge on any atom is 0.188 e. The van der Waals surface area contributed by atoms with E-state index in [1.54, 1.807) is 11.0 Å². The third kappa shape index (κ3) is 2.67. The van der Waals surface area contributed by atoms with E-state index in [9.17, 15) is 0 Å². The molecule has 3 rings (SSSR count). The van der Waals surface area contributed by atoms with Crippen molar-refractivity contribution in [2.75, 3.05) is 0 Å². The average Bonchev–Trinajstić information content (AvgIpc) is 3.18. The van der Waals surface area contributed by atoms with Crippen LogP contribution in [0.1, 0.15) is 24.4 Å². The third-order valence-corrected chi connectivity index (χ3v) is 2.94. The van der Waals surface area contributed by atoms with Crippen LogP contribution in [0.15, 0.2) is 30.6 Å². The summed E-state index contributed by atoms with van der Waals surface area (Å²) in [6, 6.07) is 8.14. The van der Waals surface area contributed by atoms with Gasteiger partial charge in [-0.1, -0.05) is 17.3 Å². The van der Waals surface area contributed by atoms with Gasteiger partial charge in [-0.05, 0) is 35.0 Å². The number of rotatable bonds is 5. The van der Waals surface area contributed by atoms with Crippen molar-refractivity contribution in [3.05, 3.63) is 42.0 Å². The highest BCUT2D eigenvalue weighted by atomic mass is 15.5. The molecule has 20 heavy (non-hydrogen) atoms. The fraction of sp³-hybridized carbons (Fsp3) is 0.273. The Morgan fingerprint density at radius 2 is 2.35 bits per heavy atom. The standard InChI is InChI=1S/C11H13N9/c1-8(12-6-11-14-17-18-15-11)9-3-2-4-10(5-9)20-7-13-16-19-20/h2-5,7-8,12H,6H2,1H3,(H,14,15,17,18). The molecule has 2 N–H and O–H groups in total. The Kier molecular flexibility index (Phi) is 3.42. The fourth-order valence-electron chi connectivity index (χ4n) is 1.84. The minimum atomic E-state index is 0.143. The zero-order chi connectivity index (χ0) is 13.8. The van der Waals surface area contributed by atoms with Crippen LogP contribution in [0, 0.1) is 0 Å². The summed E-state index contributed by atoms with van der Waals surface area (Å²) in [5.41, 5.74) is 2.04. The third-order valence-electron chi connectivity index (χ3n) is 2.94. The first-order valence-electron chi connectivity index (χ1n) is 6.12. The summed E-state index contributed by atoms with van der Waals surface area (Å²) in [6.45, 7) is 2.62. The smallest absolute Gasteiger partial charge is 0.188 e. The summed E-state index contributed by atoms with van der Waals surface area (Å²) in [7, 11) is 0. The van der Waals surface area contributed by atoms with Crippen molar-refractivity contribution in [1.82, 2.24) is 46.1 Å². The predicted octanol–water partition coefficient (Wildman–Crippen LogP) is 0.0262. The van der Waals surface area contributed by atoms with Gasteiger partial charge in [0, 0.05) is 6.04 Å². The number of nitrogens with one attached hydrogen (secondary N) is 2. The quantitative estimate of drug-likeness (QED) is 0.673. The summed E-state index contributed by atoms with van der Waals surface area (Å²) in [5, 5.41) is 28.2. The highest BCUT2D eigenvalue weighted by molar-refractivity contribution is 5.35. The number of aromatic amines is 1. The van der Waals surface area contributed by atoms with Gasteiger partial charge in [-0.15, -0.1) is 15.3 Å². The molecule has 0 fully saturated rings. The van der Waals surface area contributed by atoms with E-state index in [0.717, 1.165) is 11.3 Å². The van der Waals surface area contributed by atoms with Gasteiger partial charge in [0.05, 0.1) is 12.2 Å². The maximum absolute atomic E-state index is 3.90. The van der Waals surface area contributed by atoms with Gasteiger partial charge in [-0.25, -0.2) is 4.68 Å². The van der Waals surface area contributed by atoms with Crippen LogP contribution in [0.3, 0.4) is 0 Å². The van der Waals surface area contributed by atoms with Crippen LogP contribution < -0.4 is 5.32 Å². The summed E-state index contributed by atoms with van der Waals surface area (Å²) in [6.07, 6.45) is 1.57. The lowest BCUT2D eigenvalue weighted by Gasteiger charge is -2.13. The second-order valence-corrected chi connectivity index (χ2v) is 4.28. The molecule has 2 aromatic heterocycles. The van der Waals surface area contributed by atoms with E-state index in [0.29, 0.717) is 12.4 Å². The normalized spacial score (nSPS) is 12.4. The Hall–Kier alpha value is -2.68. The summed E-state index contributed by atoms with van der Waals surface area (Å²) in [5.74, 6) is 0.633. The minimum absolute atomic E-state index is 0.143. The molecule has 3 aromatic rings. The largest absolute Gasteiger partial charge is 0.303 e. The lowest BCUT2D eigenvalue weighted by Crippen LogP contribution is -2.19. The Morgan fingerprint density at radius 3 is 3.10 bits per heavy atom. The SMILES string of the molecule is CC(NCc1nn[nH]n1)c1cccc(-n2cnnn2)c1. The van der Waals surface area contributed by atoms with Crippen molar-refractivity contribution in [2.24, 2.45) is 0 Å². The molecule has 0 radical (unpaired) electrons. The van der Waals surface area contributed by atoms with Crippen molar-refractivity contribution in [3.63, 3.8) is 0 Å². The Labute approximate surface area is 114 Å². The molecule has 2 heterocycles. The lowest BCUT2D eigenvalue weighted by atomic mass is 10.1. The van der Waals surface area contributed by atoms with Gasteiger partial charge in [0.2, 0.25) is 0 Å². The number of hydrogen-bond donors (Lipinski definition) is 2. The monoisotopic (exact) mass is 271 g/mol. The Morgan fingerprint density at radius 1 is 1.40 bits per heavy atom. The molecule has 0 bridgehead atoms. The van der Waals surface area contributed by atoms with Crippen LogP contribution in [0.4, 0.5) is 0 Å². The highest BCUT2D eigenvalue weighted by Crippen LogP contribution is 2.16. The van der Waals surface area contributed by atoms with Crippen LogP contribution in [0.5, 0.6) is 0 Å². The number of hydrogen-bond acceptors (Lipinski definition) is 7. The minimum Gasteiger partial charge on any atom is -0.303 e. The molecule has 0 saturated carbocycles. The topological polar surface area (TPSA) is 110 Å². The molecule has 0 saturated heterocycles. The van der Waals surface area contributed by atoms with E-state index < -0.39 is 0 Å². The molecule has 1 atom stereocenters. The fourth-order valence-corrected chi connectivity index (χ4v) is 1.84. The predicted molar refractivity (Wildman–Crippen MR) is 68.6 cm³/mol. The number of benzene rings is 1. The highest BCUT2D eigenvalue weighted by Gasteiger charge is 2.08. The molecular weight excluding hydrogens is 258 g/mol. The van der Waals surface area contributed by atoms with Crippen LogP contribution in [-0.4, -0.2) is 40.8 Å². The van der Waals surface area contributed by atoms with Gasteiger partial charge in [0.1, 0.15) is 6.33 Å². The maximum atomic E-state index is 3.90. The van der Waals surface area contributed by atoms with E-state index in [1.165, 1.54) is 0 Å². The number of aromatic nitrogens is 8. The number of nitrogens with zero attached hydrogens (tertiary/aromatic N) is 7. The van der Waals surface area contributed by atoms with Gasteiger partial charge in [0.15, 0.2) is 5.82 Å². The first kappa shape index (κ1) is 12.4. The summed E-state index contributed by atoms with van der Waals surface area (Å²) in [4.78, 5) is 0. The Bertz CT molecular complexity index is 646. The Balaban J connectivity index is 1.71. The van der Waals surface area contributed by atoms with Gasteiger partial charge < -0.3 is 5.32 Å². The molecule has 1 aromatic carbocycles. The number of H-pyrrole nitrogens is 1. The molecule has 0 aliphatic rings. The van der Waals surface area contributed by atoms with Crippen molar-refractivity contribution < 1.29 is 0 Å². The molecule has 0 spiro atoms. The van der Waals surface area contributed by atoms with E-state index in [4.69, 9.17) is 0 Å². The molecular formula is C11H13N9. The van der Waals surface area contributed by atoms with Crippen LogP contribution >= 0.6 is 0 Å². The first-order valence-corrected chi connectivity index (χ1v) is 6.12. The number of tetrazole rings is 2.